The maximum Gasteiger partial charge on any atom is 0.0240 e. The molecule has 0 amide bonds. The lowest BCUT2D eigenvalue weighted by Gasteiger charge is -2.34. The Morgan fingerprint density at radius 3 is 1.94 bits per heavy atom. The summed E-state index contributed by atoms with van der Waals surface area (Å²) in [5, 5.41) is 3.63. The molecule has 0 aromatic rings. The van der Waals surface area contributed by atoms with Crippen molar-refractivity contribution in [2.24, 2.45) is 5.92 Å². The zero-order valence-corrected chi connectivity index (χ0v) is 13.9. The van der Waals surface area contributed by atoms with Crippen molar-refractivity contribution >= 4 is 0 Å². The fourth-order valence-electron chi connectivity index (χ4n) is 2.11. The van der Waals surface area contributed by atoms with Crippen molar-refractivity contribution in [3.63, 3.8) is 0 Å². The van der Waals surface area contributed by atoms with Crippen LogP contribution in [0.3, 0.4) is 0 Å². The van der Waals surface area contributed by atoms with Gasteiger partial charge in [0.2, 0.25) is 0 Å². The van der Waals surface area contributed by atoms with Gasteiger partial charge in [-0.2, -0.15) is 0 Å². The van der Waals surface area contributed by atoms with Crippen LogP contribution in [0.2, 0.25) is 0 Å². The summed E-state index contributed by atoms with van der Waals surface area (Å²) in [7, 11) is 6.53. The van der Waals surface area contributed by atoms with E-state index in [0.29, 0.717) is 12.0 Å². The van der Waals surface area contributed by atoms with E-state index in [9.17, 15) is 0 Å². The molecule has 0 saturated heterocycles. The fraction of sp³-hybridized carbons (Fsp3) is 1.00. The molecule has 0 fully saturated rings. The summed E-state index contributed by atoms with van der Waals surface area (Å²) in [6, 6.07) is 0.617. The molecule has 1 atom stereocenters. The zero-order valence-electron chi connectivity index (χ0n) is 13.9. The highest BCUT2D eigenvalue weighted by molar-refractivity contribution is 4.80. The average molecular weight is 257 g/mol. The van der Waals surface area contributed by atoms with Crippen molar-refractivity contribution in [1.82, 2.24) is 15.1 Å². The van der Waals surface area contributed by atoms with Gasteiger partial charge in [-0.15, -0.1) is 0 Å². The standard InChI is InChI=1S/C15H35N3/c1-13(2)14(12-16-15(3,4)5)18(8)11-9-10-17(6)7/h13-14,16H,9-12H2,1-8H3. The molecule has 18 heavy (non-hydrogen) atoms. The van der Waals surface area contributed by atoms with Crippen molar-refractivity contribution in [3.05, 3.63) is 0 Å². The molecule has 1 unspecified atom stereocenters. The highest BCUT2D eigenvalue weighted by Crippen LogP contribution is 2.10. The van der Waals surface area contributed by atoms with Crippen LogP contribution in [-0.4, -0.2) is 62.2 Å². The second-order valence-electron chi connectivity index (χ2n) is 7.08. The van der Waals surface area contributed by atoms with E-state index in [-0.39, 0.29) is 5.54 Å². The maximum atomic E-state index is 3.63. The minimum atomic E-state index is 0.206. The van der Waals surface area contributed by atoms with Gasteiger partial charge < -0.3 is 15.1 Å². The van der Waals surface area contributed by atoms with E-state index in [1.807, 2.05) is 0 Å². The number of nitrogens with zero attached hydrogens (tertiary/aromatic N) is 2. The molecule has 0 heterocycles. The van der Waals surface area contributed by atoms with Gasteiger partial charge in [0.1, 0.15) is 0 Å². The maximum absolute atomic E-state index is 3.63. The summed E-state index contributed by atoms with van der Waals surface area (Å²) in [6.45, 7) is 14.7. The van der Waals surface area contributed by atoms with Crippen molar-refractivity contribution < 1.29 is 0 Å². The first-order chi connectivity index (χ1) is 8.13. The molecule has 3 heteroatoms. The van der Waals surface area contributed by atoms with Gasteiger partial charge in [-0.05, 0) is 67.3 Å². The minimum Gasteiger partial charge on any atom is -0.311 e. The van der Waals surface area contributed by atoms with Crippen molar-refractivity contribution in [2.75, 3.05) is 40.8 Å². The Morgan fingerprint density at radius 2 is 1.56 bits per heavy atom. The molecule has 0 aliphatic heterocycles. The molecule has 0 aromatic carbocycles. The van der Waals surface area contributed by atoms with Gasteiger partial charge >= 0.3 is 0 Å². The van der Waals surface area contributed by atoms with Crippen LogP contribution in [0.15, 0.2) is 0 Å². The van der Waals surface area contributed by atoms with Crippen molar-refractivity contribution in [2.45, 2.75) is 52.6 Å². The number of nitrogens with one attached hydrogen (secondary N) is 1. The molecule has 0 radical (unpaired) electrons. The number of hydrogen-bond donors (Lipinski definition) is 1. The largest absolute Gasteiger partial charge is 0.311 e. The minimum absolute atomic E-state index is 0.206. The summed E-state index contributed by atoms with van der Waals surface area (Å²) in [5.74, 6) is 0.684. The molecule has 0 bridgehead atoms. The molecule has 0 saturated carbocycles. The quantitative estimate of drug-likeness (QED) is 0.720. The first-order valence-corrected chi connectivity index (χ1v) is 7.23. The highest BCUT2D eigenvalue weighted by atomic mass is 15.2. The lowest BCUT2D eigenvalue weighted by molar-refractivity contribution is 0.170. The predicted octanol–water partition coefficient (Wildman–Crippen LogP) is 2.28. The smallest absolute Gasteiger partial charge is 0.0240 e. The van der Waals surface area contributed by atoms with E-state index < -0.39 is 0 Å². The first-order valence-electron chi connectivity index (χ1n) is 7.23. The first kappa shape index (κ1) is 17.9. The fourth-order valence-corrected chi connectivity index (χ4v) is 2.11. The molecule has 1 N–H and O–H groups in total. The lowest BCUT2D eigenvalue weighted by Crippen LogP contribution is -2.49. The van der Waals surface area contributed by atoms with E-state index in [0.717, 1.165) is 6.54 Å². The van der Waals surface area contributed by atoms with E-state index in [1.54, 1.807) is 0 Å². The van der Waals surface area contributed by atoms with Crippen LogP contribution in [0.25, 0.3) is 0 Å². The Labute approximate surface area is 115 Å². The van der Waals surface area contributed by atoms with Crippen LogP contribution in [0.4, 0.5) is 0 Å². The van der Waals surface area contributed by atoms with Crippen LogP contribution in [0.5, 0.6) is 0 Å². The number of rotatable bonds is 8. The Bertz CT molecular complexity index is 206. The average Bonchev–Trinajstić information content (AvgIpc) is 2.14. The molecule has 0 aliphatic carbocycles. The molecule has 3 nitrogen and oxygen atoms in total. The van der Waals surface area contributed by atoms with Gasteiger partial charge in [-0.25, -0.2) is 0 Å². The monoisotopic (exact) mass is 257 g/mol. The summed E-state index contributed by atoms with van der Waals surface area (Å²) >= 11 is 0. The van der Waals surface area contributed by atoms with E-state index in [1.165, 1.54) is 19.5 Å². The van der Waals surface area contributed by atoms with Gasteiger partial charge in [-0.3, -0.25) is 0 Å². The van der Waals surface area contributed by atoms with Crippen LogP contribution >= 0.6 is 0 Å². The molecule has 0 spiro atoms. The third-order valence-corrected chi connectivity index (χ3v) is 3.29. The number of likely N-dealkylation sites (N-methyl/N-ethyl adjacent to an activating group) is 1. The van der Waals surface area contributed by atoms with Crippen LogP contribution < -0.4 is 5.32 Å². The van der Waals surface area contributed by atoms with Gasteiger partial charge in [0, 0.05) is 18.1 Å². The van der Waals surface area contributed by atoms with Crippen LogP contribution in [-0.2, 0) is 0 Å². The molecule has 0 aliphatic rings. The van der Waals surface area contributed by atoms with Crippen LogP contribution in [0.1, 0.15) is 41.0 Å². The van der Waals surface area contributed by atoms with Gasteiger partial charge in [0.15, 0.2) is 0 Å². The van der Waals surface area contributed by atoms with Crippen molar-refractivity contribution in [3.8, 4) is 0 Å². The summed E-state index contributed by atoms with van der Waals surface area (Å²) in [5.41, 5.74) is 0.206. The third kappa shape index (κ3) is 8.90. The molecule has 0 aromatic heterocycles. The Hall–Kier alpha value is -0.120. The zero-order chi connectivity index (χ0) is 14.3. The summed E-state index contributed by atoms with van der Waals surface area (Å²) in [6.07, 6.45) is 1.24. The SMILES string of the molecule is CC(C)C(CNC(C)(C)C)N(C)CCCN(C)C. The summed E-state index contributed by atoms with van der Waals surface area (Å²) < 4.78 is 0. The predicted molar refractivity (Wildman–Crippen MR) is 82.2 cm³/mol. The number of hydrogen-bond acceptors (Lipinski definition) is 3. The van der Waals surface area contributed by atoms with Crippen molar-refractivity contribution in [1.29, 1.82) is 0 Å². The Balaban J connectivity index is 4.15. The molecule has 0 rings (SSSR count). The van der Waals surface area contributed by atoms with E-state index in [4.69, 9.17) is 0 Å². The Kier molecular flexibility index (Phi) is 8.08. The van der Waals surface area contributed by atoms with Gasteiger partial charge in [0.05, 0.1) is 0 Å². The second kappa shape index (κ2) is 8.13. The Morgan fingerprint density at radius 1 is 1.00 bits per heavy atom. The van der Waals surface area contributed by atoms with Gasteiger partial charge in [0.25, 0.3) is 0 Å². The normalized spacial score (nSPS) is 14.8. The second-order valence-corrected chi connectivity index (χ2v) is 7.08. The highest BCUT2D eigenvalue weighted by Gasteiger charge is 2.20. The van der Waals surface area contributed by atoms with E-state index >= 15 is 0 Å². The van der Waals surface area contributed by atoms with E-state index in [2.05, 4.69) is 70.9 Å². The third-order valence-electron chi connectivity index (χ3n) is 3.29. The van der Waals surface area contributed by atoms with Gasteiger partial charge in [-0.1, -0.05) is 13.8 Å². The van der Waals surface area contributed by atoms with Crippen LogP contribution in [0, 0.1) is 5.92 Å². The molecular weight excluding hydrogens is 222 g/mol. The summed E-state index contributed by atoms with van der Waals surface area (Å²) in [4.78, 5) is 4.76. The molecular formula is C15H35N3. The molecule has 110 valence electrons. The topological polar surface area (TPSA) is 18.5 Å². The lowest BCUT2D eigenvalue weighted by atomic mass is 10.0.